The van der Waals surface area contributed by atoms with E-state index in [1.54, 1.807) is 12.1 Å². The van der Waals surface area contributed by atoms with Gasteiger partial charge in [-0.2, -0.15) is 0 Å². The molecule has 0 atom stereocenters. The highest BCUT2D eigenvalue weighted by atomic mass is 32.1. The second-order valence-corrected chi connectivity index (χ2v) is 4.56. The van der Waals surface area contributed by atoms with Crippen LogP contribution in [-0.2, 0) is 4.79 Å². The van der Waals surface area contributed by atoms with Crippen molar-refractivity contribution in [3.63, 3.8) is 0 Å². The Morgan fingerprint density at radius 3 is 2.67 bits per heavy atom. The van der Waals surface area contributed by atoms with Crippen molar-refractivity contribution in [2.75, 3.05) is 0 Å². The van der Waals surface area contributed by atoms with E-state index in [2.05, 4.69) is 0 Å². The van der Waals surface area contributed by atoms with Crippen molar-refractivity contribution in [1.29, 1.82) is 0 Å². The molecule has 1 aromatic rings. The number of carbonyl (C=O) groups is 2. The molecule has 3 heteroatoms. The molecule has 0 saturated carbocycles. The van der Waals surface area contributed by atoms with Crippen molar-refractivity contribution >= 4 is 22.9 Å². The van der Waals surface area contributed by atoms with Crippen molar-refractivity contribution in [1.82, 2.24) is 0 Å². The Morgan fingerprint density at radius 1 is 1.20 bits per heavy atom. The van der Waals surface area contributed by atoms with E-state index >= 15 is 0 Å². The van der Waals surface area contributed by atoms with Gasteiger partial charge < -0.3 is 0 Å². The lowest BCUT2D eigenvalue weighted by Gasteiger charge is -2.09. The van der Waals surface area contributed by atoms with Crippen LogP contribution in [0.3, 0.4) is 0 Å². The molecule has 0 amide bonds. The molecule has 0 fully saturated rings. The van der Waals surface area contributed by atoms with Crippen LogP contribution in [-0.4, -0.2) is 11.6 Å². The lowest BCUT2D eigenvalue weighted by atomic mass is 9.94. The van der Waals surface area contributed by atoms with Crippen molar-refractivity contribution in [2.45, 2.75) is 25.7 Å². The van der Waals surface area contributed by atoms with E-state index in [4.69, 9.17) is 0 Å². The van der Waals surface area contributed by atoms with Gasteiger partial charge in [-0.3, -0.25) is 9.59 Å². The topological polar surface area (TPSA) is 34.1 Å². The quantitative estimate of drug-likeness (QED) is 0.579. The molecule has 1 aromatic heterocycles. The van der Waals surface area contributed by atoms with Crippen molar-refractivity contribution in [3.05, 3.63) is 34.0 Å². The molecule has 0 saturated heterocycles. The monoisotopic (exact) mass is 220 g/mol. The minimum atomic E-state index is -0.349. The first-order valence-electron chi connectivity index (χ1n) is 5.10. The highest BCUT2D eigenvalue weighted by Gasteiger charge is 2.21. The molecule has 1 heterocycles. The Balaban J connectivity index is 2.14. The minimum absolute atomic E-state index is 0.308. The zero-order chi connectivity index (χ0) is 10.7. The number of rotatable bonds is 3. The van der Waals surface area contributed by atoms with Gasteiger partial charge in [0.05, 0.1) is 4.88 Å². The number of hydrogen-bond acceptors (Lipinski definition) is 3. The average molecular weight is 220 g/mol. The molecule has 0 aliphatic heterocycles. The Hall–Kier alpha value is -1.22. The van der Waals surface area contributed by atoms with Crippen LogP contribution >= 0.6 is 11.3 Å². The van der Waals surface area contributed by atoms with Crippen LogP contribution in [0.5, 0.6) is 0 Å². The summed E-state index contributed by atoms with van der Waals surface area (Å²) >= 11 is 1.33. The van der Waals surface area contributed by atoms with Gasteiger partial charge in [-0.25, -0.2) is 0 Å². The Labute approximate surface area is 92.6 Å². The van der Waals surface area contributed by atoms with Crippen LogP contribution in [0.1, 0.15) is 35.4 Å². The first kappa shape index (κ1) is 10.3. The molecule has 0 N–H and O–H groups in total. The van der Waals surface area contributed by atoms with Crippen LogP contribution in [0.15, 0.2) is 29.2 Å². The van der Waals surface area contributed by atoms with Gasteiger partial charge in [0.25, 0.3) is 0 Å². The second kappa shape index (κ2) is 4.53. The summed E-state index contributed by atoms with van der Waals surface area (Å²) in [6, 6.07) is 3.49. The average Bonchev–Trinajstić information content (AvgIpc) is 2.82. The maximum absolute atomic E-state index is 11.8. The summed E-state index contributed by atoms with van der Waals surface area (Å²) in [6.07, 6.45) is 5.76. The highest BCUT2D eigenvalue weighted by molar-refractivity contribution is 7.13. The summed E-state index contributed by atoms with van der Waals surface area (Å²) in [7, 11) is 0. The number of Topliss-reactive ketones (excluding diaryl/α,β-unsaturated/α-hetero) is 2. The van der Waals surface area contributed by atoms with E-state index in [9.17, 15) is 9.59 Å². The summed E-state index contributed by atoms with van der Waals surface area (Å²) in [5.74, 6) is -0.657. The lowest BCUT2D eigenvalue weighted by Crippen LogP contribution is -2.16. The largest absolute Gasteiger partial charge is 0.285 e. The third-order valence-electron chi connectivity index (χ3n) is 2.53. The molecule has 2 rings (SSSR count). The molecule has 1 aliphatic rings. The normalized spacial score (nSPS) is 15.9. The van der Waals surface area contributed by atoms with Crippen LogP contribution in [0.25, 0.3) is 0 Å². The molecule has 78 valence electrons. The SMILES string of the molecule is O=C(C(=O)c1cccs1)C1=CCCCC1. The predicted octanol–water partition coefficient (Wildman–Crippen LogP) is 3.00. The Bertz CT molecular complexity index is 401. The maximum atomic E-state index is 11.8. The minimum Gasteiger partial charge on any atom is -0.285 e. The number of allylic oxidation sites excluding steroid dienone is 2. The lowest BCUT2D eigenvalue weighted by molar-refractivity contribution is -0.112. The first-order valence-corrected chi connectivity index (χ1v) is 5.98. The van der Waals surface area contributed by atoms with E-state index in [-0.39, 0.29) is 11.6 Å². The zero-order valence-electron chi connectivity index (χ0n) is 8.36. The summed E-state index contributed by atoms with van der Waals surface area (Å²) in [6.45, 7) is 0. The molecule has 0 radical (unpaired) electrons. The molecule has 0 bridgehead atoms. The van der Waals surface area contributed by atoms with Gasteiger partial charge in [0.2, 0.25) is 11.6 Å². The van der Waals surface area contributed by atoms with Crippen LogP contribution in [0.4, 0.5) is 0 Å². The number of thiophene rings is 1. The summed E-state index contributed by atoms with van der Waals surface area (Å²) < 4.78 is 0. The van der Waals surface area contributed by atoms with Gasteiger partial charge in [0, 0.05) is 0 Å². The molecule has 2 nitrogen and oxygen atoms in total. The van der Waals surface area contributed by atoms with Gasteiger partial charge >= 0.3 is 0 Å². The molecular formula is C12H12O2S. The van der Waals surface area contributed by atoms with Crippen molar-refractivity contribution in [2.24, 2.45) is 0 Å². The van der Waals surface area contributed by atoms with Crippen LogP contribution in [0.2, 0.25) is 0 Å². The van der Waals surface area contributed by atoms with Crippen LogP contribution < -0.4 is 0 Å². The Morgan fingerprint density at radius 2 is 2.07 bits per heavy atom. The van der Waals surface area contributed by atoms with Gasteiger partial charge in [0.1, 0.15) is 0 Å². The van der Waals surface area contributed by atoms with Gasteiger partial charge in [-0.15, -0.1) is 11.3 Å². The van der Waals surface area contributed by atoms with E-state index in [0.717, 1.165) is 25.7 Å². The fraction of sp³-hybridized carbons (Fsp3) is 0.333. The van der Waals surface area contributed by atoms with Crippen LogP contribution in [0, 0.1) is 0 Å². The zero-order valence-corrected chi connectivity index (χ0v) is 9.18. The molecule has 0 aromatic carbocycles. The van der Waals surface area contributed by atoms with Crippen molar-refractivity contribution in [3.8, 4) is 0 Å². The molecule has 0 spiro atoms. The summed E-state index contributed by atoms with van der Waals surface area (Å²) in [5, 5.41) is 1.82. The summed E-state index contributed by atoms with van der Waals surface area (Å²) in [4.78, 5) is 24.1. The van der Waals surface area contributed by atoms with Gasteiger partial charge in [-0.05, 0) is 42.7 Å². The van der Waals surface area contributed by atoms with E-state index in [0.29, 0.717) is 10.5 Å². The molecular weight excluding hydrogens is 208 g/mol. The molecule has 1 aliphatic carbocycles. The standard InChI is InChI=1S/C12H12O2S/c13-11(9-5-2-1-3-6-9)12(14)10-7-4-8-15-10/h4-5,7-8H,1-3,6H2. The van der Waals surface area contributed by atoms with Gasteiger partial charge in [-0.1, -0.05) is 12.1 Å². The first-order chi connectivity index (χ1) is 7.29. The predicted molar refractivity (Wildman–Crippen MR) is 60.2 cm³/mol. The number of hydrogen-bond donors (Lipinski definition) is 0. The molecule has 15 heavy (non-hydrogen) atoms. The number of carbonyl (C=O) groups excluding carboxylic acids is 2. The Kier molecular flexibility index (Phi) is 3.11. The van der Waals surface area contributed by atoms with E-state index in [1.807, 2.05) is 11.5 Å². The summed E-state index contributed by atoms with van der Waals surface area (Å²) in [5.41, 5.74) is 0.708. The molecule has 0 unspecified atom stereocenters. The van der Waals surface area contributed by atoms with Gasteiger partial charge in [0.15, 0.2) is 0 Å². The number of ketones is 2. The maximum Gasteiger partial charge on any atom is 0.243 e. The highest BCUT2D eigenvalue weighted by Crippen LogP contribution is 2.20. The third-order valence-corrected chi connectivity index (χ3v) is 3.40. The van der Waals surface area contributed by atoms with Crippen molar-refractivity contribution < 1.29 is 9.59 Å². The third kappa shape index (κ3) is 2.23. The second-order valence-electron chi connectivity index (χ2n) is 3.61. The fourth-order valence-electron chi connectivity index (χ4n) is 1.71. The van der Waals surface area contributed by atoms with E-state index < -0.39 is 0 Å². The van der Waals surface area contributed by atoms with E-state index in [1.165, 1.54) is 11.3 Å². The smallest absolute Gasteiger partial charge is 0.243 e. The fourth-order valence-corrected chi connectivity index (χ4v) is 2.37.